The average Bonchev–Trinajstić information content (AvgIpc) is 3.10. The fourth-order valence-corrected chi connectivity index (χ4v) is 4.11. The summed E-state index contributed by atoms with van der Waals surface area (Å²) in [6.45, 7) is 2.84. The number of hydrogen-bond acceptors (Lipinski definition) is 3. The SMILES string of the molecule is O=C(c1cnn(-c2cccc(Cl)c2)c1C(F)(F)F)N1CCCN(Cc2ccccc2)CC1. The van der Waals surface area contributed by atoms with Crippen LogP contribution in [0.1, 0.15) is 28.0 Å². The first kappa shape index (κ1) is 22.4. The van der Waals surface area contributed by atoms with Gasteiger partial charge in [0.2, 0.25) is 0 Å². The quantitative estimate of drug-likeness (QED) is 0.554. The van der Waals surface area contributed by atoms with Crippen molar-refractivity contribution in [3.05, 3.63) is 82.6 Å². The molecule has 9 heteroatoms. The van der Waals surface area contributed by atoms with E-state index in [1.165, 1.54) is 23.1 Å². The van der Waals surface area contributed by atoms with Gasteiger partial charge >= 0.3 is 6.18 Å². The molecule has 0 spiro atoms. The molecule has 0 atom stereocenters. The zero-order chi connectivity index (χ0) is 22.7. The minimum atomic E-state index is -4.75. The lowest BCUT2D eigenvalue weighted by atomic mass is 10.2. The van der Waals surface area contributed by atoms with Crippen LogP contribution >= 0.6 is 11.6 Å². The van der Waals surface area contributed by atoms with Crippen LogP contribution in [0.3, 0.4) is 0 Å². The van der Waals surface area contributed by atoms with Gasteiger partial charge in [-0.3, -0.25) is 9.69 Å². The van der Waals surface area contributed by atoms with Crippen molar-refractivity contribution in [1.29, 1.82) is 0 Å². The van der Waals surface area contributed by atoms with Gasteiger partial charge in [0.05, 0.1) is 17.4 Å². The number of carbonyl (C=O) groups is 1. The van der Waals surface area contributed by atoms with Crippen molar-refractivity contribution in [1.82, 2.24) is 19.6 Å². The van der Waals surface area contributed by atoms with Crippen LogP contribution in [0.15, 0.2) is 60.8 Å². The fraction of sp³-hybridized carbons (Fsp3) is 0.304. The molecule has 0 saturated carbocycles. The van der Waals surface area contributed by atoms with Gasteiger partial charge in [-0.15, -0.1) is 0 Å². The van der Waals surface area contributed by atoms with Crippen molar-refractivity contribution < 1.29 is 18.0 Å². The van der Waals surface area contributed by atoms with Crippen LogP contribution < -0.4 is 0 Å². The first-order chi connectivity index (χ1) is 15.3. The van der Waals surface area contributed by atoms with Crippen molar-refractivity contribution in [2.45, 2.75) is 19.1 Å². The van der Waals surface area contributed by atoms with Gasteiger partial charge < -0.3 is 4.90 Å². The van der Waals surface area contributed by atoms with Gasteiger partial charge in [-0.1, -0.05) is 48.0 Å². The van der Waals surface area contributed by atoms with E-state index in [1.54, 1.807) is 6.07 Å². The topological polar surface area (TPSA) is 41.4 Å². The van der Waals surface area contributed by atoms with Crippen molar-refractivity contribution in [3.63, 3.8) is 0 Å². The van der Waals surface area contributed by atoms with Crippen LogP contribution in [0, 0.1) is 0 Å². The van der Waals surface area contributed by atoms with Crippen molar-refractivity contribution in [2.75, 3.05) is 26.2 Å². The van der Waals surface area contributed by atoms with Gasteiger partial charge in [-0.25, -0.2) is 4.68 Å². The summed E-state index contributed by atoms with van der Waals surface area (Å²) in [5, 5.41) is 4.17. The highest BCUT2D eigenvalue weighted by atomic mass is 35.5. The molecule has 2 aromatic carbocycles. The molecule has 5 nitrogen and oxygen atoms in total. The van der Waals surface area contributed by atoms with E-state index in [0.717, 1.165) is 29.5 Å². The Kier molecular flexibility index (Phi) is 6.53. The first-order valence-electron chi connectivity index (χ1n) is 10.3. The van der Waals surface area contributed by atoms with Crippen LogP contribution in [-0.4, -0.2) is 51.7 Å². The third-order valence-corrected chi connectivity index (χ3v) is 5.68. The summed E-state index contributed by atoms with van der Waals surface area (Å²) in [7, 11) is 0. The minimum Gasteiger partial charge on any atom is -0.337 e. The highest BCUT2D eigenvalue weighted by Gasteiger charge is 2.41. The highest BCUT2D eigenvalue weighted by molar-refractivity contribution is 6.30. The molecule has 1 aliphatic heterocycles. The van der Waals surface area contributed by atoms with E-state index in [2.05, 4.69) is 10.00 Å². The van der Waals surface area contributed by atoms with Gasteiger partial charge in [0.1, 0.15) is 0 Å². The van der Waals surface area contributed by atoms with Gasteiger partial charge in [0.15, 0.2) is 5.69 Å². The molecule has 4 rings (SSSR count). The van der Waals surface area contributed by atoms with Gasteiger partial charge in [-0.05, 0) is 30.2 Å². The van der Waals surface area contributed by atoms with E-state index in [1.807, 2.05) is 30.3 Å². The fourth-order valence-electron chi connectivity index (χ4n) is 3.93. The van der Waals surface area contributed by atoms with Crippen LogP contribution in [0.2, 0.25) is 5.02 Å². The predicted molar refractivity (Wildman–Crippen MR) is 116 cm³/mol. The Morgan fingerprint density at radius 1 is 1.00 bits per heavy atom. The van der Waals surface area contributed by atoms with Gasteiger partial charge in [0, 0.05) is 37.7 Å². The molecule has 1 fully saturated rings. The number of halogens is 4. The maximum atomic E-state index is 14.0. The molecule has 32 heavy (non-hydrogen) atoms. The minimum absolute atomic E-state index is 0.147. The van der Waals surface area contributed by atoms with E-state index in [4.69, 9.17) is 11.6 Å². The Hall–Kier alpha value is -2.84. The highest BCUT2D eigenvalue weighted by Crippen LogP contribution is 2.34. The maximum Gasteiger partial charge on any atom is 0.434 e. The number of alkyl halides is 3. The molecule has 1 amide bonds. The Morgan fingerprint density at radius 2 is 1.78 bits per heavy atom. The summed E-state index contributed by atoms with van der Waals surface area (Å²) in [5.41, 5.74) is -0.229. The third kappa shape index (κ3) is 4.97. The van der Waals surface area contributed by atoms with Crippen LogP contribution in [-0.2, 0) is 12.7 Å². The number of nitrogens with zero attached hydrogens (tertiary/aromatic N) is 4. The van der Waals surface area contributed by atoms with Crippen molar-refractivity contribution in [3.8, 4) is 5.69 Å². The molecule has 0 aliphatic carbocycles. The second kappa shape index (κ2) is 9.34. The zero-order valence-corrected chi connectivity index (χ0v) is 18.0. The Bertz CT molecular complexity index is 1080. The van der Waals surface area contributed by atoms with Gasteiger partial charge in [0.25, 0.3) is 5.91 Å². The number of aromatic nitrogens is 2. The molecule has 0 N–H and O–H groups in total. The molecule has 1 aliphatic rings. The third-order valence-electron chi connectivity index (χ3n) is 5.45. The molecular weight excluding hydrogens is 441 g/mol. The molecule has 1 aromatic heterocycles. The second-order valence-electron chi connectivity index (χ2n) is 7.70. The number of hydrogen-bond donors (Lipinski definition) is 0. The Labute approximate surface area is 189 Å². The monoisotopic (exact) mass is 462 g/mol. The standard InChI is InChI=1S/C23H22ClF3N4O/c24-18-8-4-9-19(14-18)31-21(23(25,26)27)20(15-28-31)22(32)30-11-5-10-29(12-13-30)16-17-6-2-1-3-7-17/h1-4,6-9,14-15H,5,10-13,16H2. The molecule has 3 aromatic rings. The lowest BCUT2D eigenvalue weighted by Crippen LogP contribution is -2.36. The van der Waals surface area contributed by atoms with Crippen LogP contribution in [0.25, 0.3) is 5.69 Å². The average molecular weight is 463 g/mol. The summed E-state index contributed by atoms with van der Waals surface area (Å²) in [5.74, 6) is -0.660. The molecule has 0 unspecified atom stereocenters. The van der Waals surface area contributed by atoms with E-state index in [0.29, 0.717) is 26.1 Å². The Morgan fingerprint density at radius 3 is 2.50 bits per heavy atom. The largest absolute Gasteiger partial charge is 0.434 e. The molecule has 2 heterocycles. The lowest BCUT2D eigenvalue weighted by molar-refractivity contribution is -0.143. The molecule has 0 radical (unpaired) electrons. The van der Waals surface area contributed by atoms with Crippen molar-refractivity contribution in [2.24, 2.45) is 0 Å². The number of carbonyl (C=O) groups excluding carboxylic acids is 1. The van der Waals surface area contributed by atoms with Gasteiger partial charge in [-0.2, -0.15) is 18.3 Å². The second-order valence-corrected chi connectivity index (χ2v) is 8.14. The van der Waals surface area contributed by atoms with Crippen molar-refractivity contribution >= 4 is 17.5 Å². The number of rotatable bonds is 4. The number of amides is 1. The summed E-state index contributed by atoms with van der Waals surface area (Å²) >= 11 is 5.94. The first-order valence-corrected chi connectivity index (χ1v) is 10.7. The van der Waals surface area contributed by atoms with E-state index in [9.17, 15) is 18.0 Å². The Balaban J connectivity index is 1.55. The van der Waals surface area contributed by atoms with E-state index >= 15 is 0 Å². The van der Waals surface area contributed by atoms with Crippen LogP contribution in [0.5, 0.6) is 0 Å². The van der Waals surface area contributed by atoms with E-state index < -0.39 is 23.3 Å². The molecule has 1 saturated heterocycles. The summed E-state index contributed by atoms with van der Waals surface area (Å²) in [4.78, 5) is 16.8. The lowest BCUT2D eigenvalue weighted by Gasteiger charge is -2.22. The molecule has 168 valence electrons. The summed E-state index contributed by atoms with van der Waals surface area (Å²) in [6.07, 6.45) is -3.07. The van der Waals surface area contributed by atoms with Crippen LogP contribution in [0.4, 0.5) is 13.2 Å². The maximum absolute atomic E-state index is 14.0. The normalized spacial score (nSPS) is 15.6. The molecule has 0 bridgehead atoms. The summed E-state index contributed by atoms with van der Waals surface area (Å²) < 4.78 is 42.6. The number of benzene rings is 2. The zero-order valence-electron chi connectivity index (χ0n) is 17.2. The van der Waals surface area contributed by atoms with E-state index in [-0.39, 0.29) is 10.7 Å². The predicted octanol–water partition coefficient (Wildman–Crippen LogP) is 4.89. The molecular formula is C23H22ClF3N4O. The smallest absolute Gasteiger partial charge is 0.337 e. The summed E-state index contributed by atoms with van der Waals surface area (Å²) in [6, 6.07) is 15.9.